The van der Waals surface area contributed by atoms with Crippen molar-refractivity contribution in [2.45, 2.75) is 34.2 Å². The summed E-state index contributed by atoms with van der Waals surface area (Å²) in [6.07, 6.45) is 0. The van der Waals surface area contributed by atoms with Gasteiger partial charge in [0.05, 0.1) is 11.4 Å². The highest BCUT2D eigenvalue weighted by atomic mass is 15.1. The van der Waals surface area contributed by atoms with E-state index in [1.807, 2.05) is 6.92 Å². The molecule has 0 bridgehead atoms. The van der Waals surface area contributed by atoms with Crippen LogP contribution in [0.5, 0.6) is 0 Å². The minimum absolute atomic E-state index is 0.476. The summed E-state index contributed by atoms with van der Waals surface area (Å²) in [5, 5.41) is 0. The third-order valence-corrected chi connectivity index (χ3v) is 3.50. The Labute approximate surface area is 109 Å². The molecule has 1 aromatic carbocycles. The van der Waals surface area contributed by atoms with Crippen LogP contribution in [0.15, 0.2) is 12.1 Å². The summed E-state index contributed by atoms with van der Waals surface area (Å²) >= 11 is 0. The average Bonchev–Trinajstić information content (AvgIpc) is 2.55. The Balaban J connectivity index is 2.77. The van der Waals surface area contributed by atoms with Crippen molar-refractivity contribution in [1.82, 2.24) is 9.55 Å². The Morgan fingerprint density at radius 3 is 2.17 bits per heavy atom. The first-order valence-corrected chi connectivity index (χ1v) is 6.26. The van der Waals surface area contributed by atoms with Gasteiger partial charge in [-0.05, 0) is 38.8 Å². The minimum atomic E-state index is 0.476. The molecule has 1 heterocycles. The van der Waals surface area contributed by atoms with Crippen LogP contribution in [0.2, 0.25) is 0 Å². The van der Waals surface area contributed by atoms with E-state index in [9.17, 15) is 0 Å². The van der Waals surface area contributed by atoms with Crippen molar-refractivity contribution in [2.24, 2.45) is 12.8 Å². The van der Waals surface area contributed by atoms with Crippen LogP contribution in [-0.2, 0) is 13.6 Å². The van der Waals surface area contributed by atoms with Crippen LogP contribution in [0.25, 0.3) is 11.3 Å². The Kier molecular flexibility index (Phi) is 3.26. The molecule has 0 aliphatic rings. The topological polar surface area (TPSA) is 43.8 Å². The van der Waals surface area contributed by atoms with Gasteiger partial charge < -0.3 is 10.3 Å². The smallest absolute Gasteiger partial charge is 0.106 e. The zero-order valence-corrected chi connectivity index (χ0v) is 11.8. The molecule has 3 heteroatoms. The van der Waals surface area contributed by atoms with E-state index in [4.69, 9.17) is 5.73 Å². The summed E-state index contributed by atoms with van der Waals surface area (Å²) < 4.78 is 2.13. The van der Waals surface area contributed by atoms with Gasteiger partial charge in [0.1, 0.15) is 5.82 Å². The fourth-order valence-corrected chi connectivity index (χ4v) is 2.69. The van der Waals surface area contributed by atoms with E-state index in [1.165, 1.54) is 22.3 Å². The third kappa shape index (κ3) is 1.95. The normalized spacial score (nSPS) is 11.0. The summed E-state index contributed by atoms with van der Waals surface area (Å²) in [5.74, 6) is 1.00. The van der Waals surface area contributed by atoms with Gasteiger partial charge in [0.15, 0.2) is 0 Å². The molecule has 0 radical (unpaired) electrons. The first kappa shape index (κ1) is 12.8. The molecule has 0 aliphatic heterocycles. The lowest BCUT2D eigenvalue weighted by atomic mass is 9.96. The predicted octanol–water partition coefficient (Wildman–Crippen LogP) is 2.78. The average molecular weight is 243 g/mol. The van der Waals surface area contributed by atoms with Gasteiger partial charge in [0.25, 0.3) is 0 Å². The number of imidazole rings is 1. The van der Waals surface area contributed by atoms with E-state index in [0.29, 0.717) is 6.54 Å². The lowest BCUT2D eigenvalue weighted by molar-refractivity contribution is 0.863. The van der Waals surface area contributed by atoms with Crippen LogP contribution in [-0.4, -0.2) is 9.55 Å². The second-order valence-electron chi connectivity index (χ2n) is 4.99. The quantitative estimate of drug-likeness (QED) is 0.881. The molecule has 0 spiro atoms. The minimum Gasteiger partial charge on any atom is -0.331 e. The number of aromatic nitrogens is 2. The van der Waals surface area contributed by atoms with Crippen LogP contribution in [0.1, 0.15) is 28.2 Å². The van der Waals surface area contributed by atoms with Crippen molar-refractivity contribution in [1.29, 1.82) is 0 Å². The lowest BCUT2D eigenvalue weighted by Gasteiger charge is -2.14. The fourth-order valence-electron chi connectivity index (χ4n) is 2.69. The molecule has 96 valence electrons. The monoisotopic (exact) mass is 243 g/mol. The van der Waals surface area contributed by atoms with Crippen molar-refractivity contribution >= 4 is 0 Å². The number of nitrogens with zero attached hydrogens (tertiary/aromatic N) is 2. The van der Waals surface area contributed by atoms with Gasteiger partial charge in [-0.1, -0.05) is 17.7 Å². The van der Waals surface area contributed by atoms with E-state index < -0.39 is 0 Å². The maximum atomic E-state index is 5.82. The van der Waals surface area contributed by atoms with Crippen LogP contribution < -0.4 is 5.73 Å². The van der Waals surface area contributed by atoms with Crippen LogP contribution in [0.3, 0.4) is 0 Å². The number of aryl methyl sites for hydroxylation is 4. The van der Waals surface area contributed by atoms with Crippen LogP contribution in [0.4, 0.5) is 0 Å². The summed E-state index contributed by atoms with van der Waals surface area (Å²) in [6, 6.07) is 4.43. The largest absolute Gasteiger partial charge is 0.331 e. The zero-order chi connectivity index (χ0) is 13.4. The molecule has 18 heavy (non-hydrogen) atoms. The SMILES string of the molecule is Cc1cc(C)c(-c2c(CN)nc(C)n2C)c(C)c1. The van der Waals surface area contributed by atoms with E-state index in [2.05, 4.69) is 49.5 Å². The first-order valence-electron chi connectivity index (χ1n) is 6.26. The molecule has 2 N–H and O–H groups in total. The molecule has 0 amide bonds. The molecule has 0 saturated heterocycles. The van der Waals surface area contributed by atoms with E-state index in [-0.39, 0.29) is 0 Å². The standard InChI is InChI=1S/C15H21N3/c1-9-6-10(2)14(11(3)7-9)15-13(8-16)17-12(4)18(15)5/h6-7H,8,16H2,1-5H3. The second-order valence-corrected chi connectivity index (χ2v) is 4.99. The molecule has 3 nitrogen and oxygen atoms in total. The summed E-state index contributed by atoms with van der Waals surface area (Å²) in [5.41, 5.74) is 13.1. The van der Waals surface area contributed by atoms with Crippen molar-refractivity contribution in [3.63, 3.8) is 0 Å². The lowest BCUT2D eigenvalue weighted by Crippen LogP contribution is -2.03. The van der Waals surface area contributed by atoms with E-state index >= 15 is 0 Å². The molecule has 0 saturated carbocycles. The highest BCUT2D eigenvalue weighted by molar-refractivity contribution is 5.71. The number of hydrogen-bond acceptors (Lipinski definition) is 2. The van der Waals surface area contributed by atoms with Gasteiger partial charge in [0, 0.05) is 19.2 Å². The van der Waals surface area contributed by atoms with Gasteiger partial charge in [0.2, 0.25) is 0 Å². The number of benzene rings is 1. The van der Waals surface area contributed by atoms with Crippen LogP contribution >= 0.6 is 0 Å². The molecule has 2 rings (SSSR count). The van der Waals surface area contributed by atoms with Gasteiger partial charge >= 0.3 is 0 Å². The Hall–Kier alpha value is -1.61. The second kappa shape index (κ2) is 4.58. The maximum Gasteiger partial charge on any atom is 0.106 e. The van der Waals surface area contributed by atoms with E-state index in [0.717, 1.165) is 17.2 Å². The molecule has 0 unspecified atom stereocenters. The predicted molar refractivity (Wildman–Crippen MR) is 75.5 cm³/mol. The summed E-state index contributed by atoms with van der Waals surface area (Å²) in [6.45, 7) is 8.92. The highest BCUT2D eigenvalue weighted by Gasteiger charge is 2.16. The molecule has 0 aliphatic carbocycles. The maximum absolute atomic E-state index is 5.82. The van der Waals surface area contributed by atoms with Crippen molar-refractivity contribution < 1.29 is 0 Å². The first-order chi connectivity index (χ1) is 8.45. The number of nitrogens with two attached hydrogens (primary N) is 1. The number of rotatable bonds is 2. The molecule has 0 fully saturated rings. The Bertz CT molecular complexity index is 571. The van der Waals surface area contributed by atoms with Crippen molar-refractivity contribution in [2.75, 3.05) is 0 Å². The summed E-state index contributed by atoms with van der Waals surface area (Å²) in [4.78, 5) is 4.55. The van der Waals surface area contributed by atoms with Gasteiger partial charge in [-0.3, -0.25) is 0 Å². The fraction of sp³-hybridized carbons (Fsp3) is 0.400. The van der Waals surface area contributed by atoms with Gasteiger partial charge in [-0.2, -0.15) is 0 Å². The van der Waals surface area contributed by atoms with Crippen molar-refractivity contribution in [3.05, 3.63) is 40.3 Å². The molecule has 1 aromatic heterocycles. The Morgan fingerprint density at radius 2 is 1.67 bits per heavy atom. The van der Waals surface area contributed by atoms with Gasteiger partial charge in [-0.15, -0.1) is 0 Å². The van der Waals surface area contributed by atoms with Gasteiger partial charge in [-0.25, -0.2) is 4.98 Å². The van der Waals surface area contributed by atoms with Crippen LogP contribution in [0, 0.1) is 27.7 Å². The van der Waals surface area contributed by atoms with Crippen molar-refractivity contribution in [3.8, 4) is 11.3 Å². The molecule has 2 aromatic rings. The zero-order valence-electron chi connectivity index (χ0n) is 11.8. The summed E-state index contributed by atoms with van der Waals surface area (Å²) in [7, 11) is 2.05. The highest BCUT2D eigenvalue weighted by Crippen LogP contribution is 2.31. The Morgan fingerprint density at radius 1 is 1.11 bits per heavy atom. The number of hydrogen-bond donors (Lipinski definition) is 1. The molecular weight excluding hydrogens is 222 g/mol. The van der Waals surface area contributed by atoms with E-state index in [1.54, 1.807) is 0 Å². The molecular formula is C15H21N3. The molecule has 0 atom stereocenters. The third-order valence-electron chi connectivity index (χ3n) is 3.50.